The molecule has 1 saturated heterocycles. The summed E-state index contributed by atoms with van der Waals surface area (Å²) in [7, 11) is 0. The minimum Gasteiger partial charge on any atom is -0.508 e. The molecule has 5 rings (SSSR count). The predicted molar refractivity (Wildman–Crippen MR) is 141 cm³/mol. The highest BCUT2D eigenvalue weighted by molar-refractivity contribution is 5.89. The van der Waals surface area contributed by atoms with Crippen LogP contribution in [0.2, 0.25) is 0 Å². The molecule has 35 heavy (non-hydrogen) atoms. The molecule has 1 aliphatic heterocycles. The van der Waals surface area contributed by atoms with Gasteiger partial charge < -0.3 is 20.3 Å². The third-order valence-corrected chi connectivity index (χ3v) is 7.19. The van der Waals surface area contributed by atoms with Gasteiger partial charge in [0.1, 0.15) is 5.75 Å². The lowest BCUT2D eigenvalue weighted by molar-refractivity contribution is -0.121. The smallest absolute Gasteiger partial charge is 0.224 e. The van der Waals surface area contributed by atoms with E-state index in [0.717, 1.165) is 55.4 Å². The number of aromatic nitrogens is 1. The van der Waals surface area contributed by atoms with Crippen molar-refractivity contribution >= 4 is 16.8 Å². The van der Waals surface area contributed by atoms with Crippen LogP contribution in [0.4, 0.5) is 0 Å². The molecule has 5 nitrogen and oxygen atoms in total. The standard InChI is InChI=1S/C30H33N3O2/c34-26-11-12-29-28(20-26)24(21-31-29)19-30(35)32-25-13-16-33(17-14-25)18-15-27(22-7-3-1-4-8-22)23-9-5-2-6-10-23/h1-12,20-21,25,27,31,34H,13-19H2,(H,32,35). The first-order valence-corrected chi connectivity index (χ1v) is 12.6. The number of aromatic hydroxyl groups is 1. The Morgan fingerprint density at radius 2 is 1.63 bits per heavy atom. The summed E-state index contributed by atoms with van der Waals surface area (Å²) >= 11 is 0. The fourth-order valence-corrected chi connectivity index (χ4v) is 5.27. The van der Waals surface area contributed by atoms with E-state index < -0.39 is 0 Å². The van der Waals surface area contributed by atoms with Crippen molar-refractivity contribution in [2.24, 2.45) is 0 Å². The molecule has 3 N–H and O–H groups in total. The monoisotopic (exact) mass is 467 g/mol. The quantitative estimate of drug-likeness (QED) is 0.333. The van der Waals surface area contributed by atoms with E-state index >= 15 is 0 Å². The summed E-state index contributed by atoms with van der Waals surface area (Å²) in [6.07, 6.45) is 5.21. The summed E-state index contributed by atoms with van der Waals surface area (Å²) < 4.78 is 0. The molecule has 5 heteroatoms. The molecule has 0 atom stereocenters. The summed E-state index contributed by atoms with van der Waals surface area (Å²) in [5.41, 5.74) is 4.58. The number of amides is 1. The van der Waals surface area contributed by atoms with Gasteiger partial charge in [0.15, 0.2) is 0 Å². The van der Waals surface area contributed by atoms with E-state index in [2.05, 4.69) is 75.9 Å². The number of likely N-dealkylation sites (tertiary alicyclic amines) is 1. The lowest BCUT2D eigenvalue weighted by atomic mass is 9.88. The number of rotatable bonds is 8. The third kappa shape index (κ3) is 5.75. The van der Waals surface area contributed by atoms with Gasteiger partial charge in [-0.25, -0.2) is 0 Å². The molecule has 0 aliphatic carbocycles. The van der Waals surface area contributed by atoms with Gasteiger partial charge in [-0.3, -0.25) is 4.79 Å². The van der Waals surface area contributed by atoms with Crippen molar-refractivity contribution in [3.05, 3.63) is 102 Å². The number of nitrogens with zero attached hydrogens (tertiary/aromatic N) is 1. The highest BCUT2D eigenvalue weighted by atomic mass is 16.3. The number of piperidine rings is 1. The molecule has 3 aromatic carbocycles. The SMILES string of the molecule is O=C(Cc1c[nH]c2ccc(O)cc12)NC1CCN(CCC(c2ccccc2)c2ccccc2)CC1. The average Bonchev–Trinajstić information content (AvgIpc) is 3.28. The Morgan fingerprint density at radius 3 is 2.29 bits per heavy atom. The zero-order valence-electron chi connectivity index (χ0n) is 20.0. The van der Waals surface area contributed by atoms with Crippen LogP contribution in [0.25, 0.3) is 10.9 Å². The van der Waals surface area contributed by atoms with Gasteiger partial charge in [0.2, 0.25) is 5.91 Å². The van der Waals surface area contributed by atoms with Gasteiger partial charge in [0.25, 0.3) is 0 Å². The Labute approximate surface area is 206 Å². The van der Waals surface area contributed by atoms with Crippen LogP contribution in [0.1, 0.15) is 41.9 Å². The first kappa shape index (κ1) is 23.2. The van der Waals surface area contributed by atoms with E-state index in [1.165, 1.54) is 11.1 Å². The Bertz CT molecular complexity index is 1210. The number of hydrogen-bond acceptors (Lipinski definition) is 3. The molecule has 2 heterocycles. The number of fused-ring (bicyclic) bond motifs is 1. The average molecular weight is 468 g/mol. The maximum atomic E-state index is 12.7. The number of aromatic amines is 1. The molecule has 180 valence electrons. The summed E-state index contributed by atoms with van der Waals surface area (Å²) in [6, 6.07) is 27.0. The van der Waals surface area contributed by atoms with E-state index in [1.54, 1.807) is 12.1 Å². The maximum absolute atomic E-state index is 12.7. The second-order valence-corrected chi connectivity index (χ2v) is 9.57. The molecule has 1 amide bonds. The van der Waals surface area contributed by atoms with Crippen molar-refractivity contribution in [2.45, 2.75) is 37.6 Å². The van der Waals surface area contributed by atoms with Crippen molar-refractivity contribution < 1.29 is 9.90 Å². The van der Waals surface area contributed by atoms with Crippen molar-refractivity contribution in [1.29, 1.82) is 0 Å². The minimum absolute atomic E-state index is 0.0425. The van der Waals surface area contributed by atoms with E-state index in [-0.39, 0.29) is 17.7 Å². The van der Waals surface area contributed by atoms with Gasteiger partial charge in [-0.15, -0.1) is 0 Å². The molecule has 0 unspecified atom stereocenters. The largest absolute Gasteiger partial charge is 0.508 e. The first-order chi connectivity index (χ1) is 17.2. The summed E-state index contributed by atoms with van der Waals surface area (Å²) in [5.74, 6) is 0.652. The van der Waals surface area contributed by atoms with Crippen molar-refractivity contribution in [3.63, 3.8) is 0 Å². The second-order valence-electron chi connectivity index (χ2n) is 9.57. The topological polar surface area (TPSA) is 68.4 Å². The normalized spacial score (nSPS) is 15.0. The molecule has 1 aliphatic rings. The van der Waals surface area contributed by atoms with Crippen LogP contribution < -0.4 is 5.32 Å². The molecule has 4 aromatic rings. The highest BCUT2D eigenvalue weighted by Crippen LogP contribution is 2.29. The van der Waals surface area contributed by atoms with Crippen LogP contribution >= 0.6 is 0 Å². The molecular weight excluding hydrogens is 434 g/mol. The van der Waals surface area contributed by atoms with Crippen LogP contribution in [-0.4, -0.2) is 46.6 Å². The number of nitrogens with one attached hydrogen (secondary N) is 2. The van der Waals surface area contributed by atoms with Gasteiger partial charge in [0, 0.05) is 42.1 Å². The molecule has 1 aromatic heterocycles. The number of benzene rings is 3. The Balaban J connectivity index is 1.12. The van der Waals surface area contributed by atoms with E-state index in [9.17, 15) is 9.90 Å². The van der Waals surface area contributed by atoms with Gasteiger partial charge in [0.05, 0.1) is 6.42 Å². The minimum atomic E-state index is 0.0425. The van der Waals surface area contributed by atoms with Crippen LogP contribution in [0, 0.1) is 0 Å². The number of H-pyrrole nitrogens is 1. The number of hydrogen-bond donors (Lipinski definition) is 3. The predicted octanol–water partition coefficient (Wildman–Crippen LogP) is 5.22. The first-order valence-electron chi connectivity index (χ1n) is 12.6. The lowest BCUT2D eigenvalue weighted by Gasteiger charge is -2.33. The van der Waals surface area contributed by atoms with Crippen molar-refractivity contribution in [3.8, 4) is 5.75 Å². The van der Waals surface area contributed by atoms with Crippen LogP contribution in [0.5, 0.6) is 5.75 Å². The van der Waals surface area contributed by atoms with Gasteiger partial charge in [-0.1, -0.05) is 60.7 Å². The fourth-order valence-electron chi connectivity index (χ4n) is 5.27. The van der Waals surface area contributed by atoms with Gasteiger partial charge >= 0.3 is 0 Å². The molecule has 0 spiro atoms. The number of phenolic OH excluding ortho intramolecular Hbond substituents is 1. The van der Waals surface area contributed by atoms with Crippen LogP contribution in [-0.2, 0) is 11.2 Å². The second kappa shape index (κ2) is 10.8. The zero-order valence-corrected chi connectivity index (χ0v) is 20.0. The van der Waals surface area contributed by atoms with Crippen LogP contribution in [0.15, 0.2) is 85.1 Å². The van der Waals surface area contributed by atoms with E-state index in [1.807, 2.05) is 12.3 Å². The highest BCUT2D eigenvalue weighted by Gasteiger charge is 2.23. The Hall–Kier alpha value is -3.57. The number of carbonyl (C=O) groups excluding carboxylic acids is 1. The van der Waals surface area contributed by atoms with Gasteiger partial charge in [-0.05, 0) is 60.7 Å². The Kier molecular flexibility index (Phi) is 7.15. The Morgan fingerprint density at radius 1 is 0.971 bits per heavy atom. The summed E-state index contributed by atoms with van der Waals surface area (Å²) in [4.78, 5) is 18.4. The third-order valence-electron chi connectivity index (χ3n) is 7.19. The van der Waals surface area contributed by atoms with Crippen LogP contribution in [0.3, 0.4) is 0 Å². The van der Waals surface area contributed by atoms with E-state index in [4.69, 9.17) is 0 Å². The molecule has 1 fully saturated rings. The molecular formula is C30H33N3O2. The molecule has 0 bridgehead atoms. The summed E-state index contributed by atoms with van der Waals surface area (Å²) in [5, 5.41) is 13.9. The van der Waals surface area contributed by atoms with Crippen molar-refractivity contribution in [1.82, 2.24) is 15.2 Å². The summed E-state index contributed by atoms with van der Waals surface area (Å²) in [6.45, 7) is 3.05. The maximum Gasteiger partial charge on any atom is 0.224 e. The van der Waals surface area contributed by atoms with Gasteiger partial charge in [-0.2, -0.15) is 0 Å². The fraction of sp³-hybridized carbons (Fsp3) is 0.300. The lowest BCUT2D eigenvalue weighted by Crippen LogP contribution is -2.45. The number of carbonyl (C=O) groups is 1. The zero-order chi connectivity index (χ0) is 24.0. The molecule has 0 saturated carbocycles. The number of phenols is 1. The van der Waals surface area contributed by atoms with Crippen molar-refractivity contribution in [2.75, 3.05) is 19.6 Å². The van der Waals surface area contributed by atoms with E-state index in [0.29, 0.717) is 12.3 Å². The molecule has 0 radical (unpaired) electrons.